The molecular weight excluding hydrogens is 392 g/mol. The van der Waals surface area contributed by atoms with Gasteiger partial charge in [0, 0.05) is 5.02 Å². The van der Waals surface area contributed by atoms with E-state index in [1.54, 1.807) is 18.2 Å². The van der Waals surface area contributed by atoms with Crippen molar-refractivity contribution in [3.63, 3.8) is 0 Å². The third-order valence-electron chi connectivity index (χ3n) is 4.20. The second kappa shape index (κ2) is 7.66. The van der Waals surface area contributed by atoms with Crippen LogP contribution in [0.1, 0.15) is 6.92 Å². The van der Waals surface area contributed by atoms with Crippen LogP contribution in [0, 0.1) is 0 Å². The predicted molar refractivity (Wildman–Crippen MR) is 104 cm³/mol. The van der Waals surface area contributed by atoms with E-state index in [-0.39, 0.29) is 28.6 Å². The zero-order valence-corrected chi connectivity index (χ0v) is 16.2. The van der Waals surface area contributed by atoms with Gasteiger partial charge in [0.25, 0.3) is 0 Å². The van der Waals surface area contributed by atoms with Crippen molar-refractivity contribution in [1.29, 1.82) is 0 Å². The van der Waals surface area contributed by atoms with Gasteiger partial charge in [0.1, 0.15) is 18.1 Å². The van der Waals surface area contributed by atoms with Gasteiger partial charge in [-0.3, -0.25) is 4.79 Å². The number of carbonyl (C=O) groups is 1. The summed E-state index contributed by atoms with van der Waals surface area (Å²) >= 11 is 6.03. The molecule has 2 aromatic carbocycles. The molecule has 9 heteroatoms. The molecule has 27 heavy (non-hydrogen) atoms. The van der Waals surface area contributed by atoms with Gasteiger partial charge < -0.3 is 20.1 Å². The standard InChI is InChI=1S/C18H19ClN2O5S/c1-2-27(24,25)13-4-5-16(22)14(10-13)20-18(23)11-21-7-8-26-17-6-3-12(19)9-15(17)21/h3-6,9-10,22H,2,7-8,11H2,1H3,(H,20,23). The molecule has 0 saturated carbocycles. The first-order chi connectivity index (χ1) is 12.8. The van der Waals surface area contributed by atoms with E-state index in [4.69, 9.17) is 16.3 Å². The van der Waals surface area contributed by atoms with Gasteiger partial charge in [-0.2, -0.15) is 0 Å². The fourth-order valence-corrected chi connectivity index (χ4v) is 3.82. The number of rotatable bonds is 5. The van der Waals surface area contributed by atoms with Crippen LogP contribution in [0.2, 0.25) is 5.02 Å². The van der Waals surface area contributed by atoms with Crippen LogP contribution in [0.4, 0.5) is 11.4 Å². The van der Waals surface area contributed by atoms with E-state index < -0.39 is 15.7 Å². The molecule has 0 aromatic heterocycles. The van der Waals surface area contributed by atoms with E-state index in [9.17, 15) is 18.3 Å². The summed E-state index contributed by atoms with van der Waals surface area (Å²) in [7, 11) is -3.45. The Kier molecular flexibility index (Phi) is 5.48. The first-order valence-corrected chi connectivity index (χ1v) is 10.4. The number of anilines is 2. The summed E-state index contributed by atoms with van der Waals surface area (Å²) < 4.78 is 29.6. The number of halogens is 1. The van der Waals surface area contributed by atoms with Gasteiger partial charge in [-0.15, -0.1) is 0 Å². The number of fused-ring (bicyclic) bond motifs is 1. The molecule has 3 rings (SSSR count). The number of amides is 1. The van der Waals surface area contributed by atoms with E-state index in [0.717, 1.165) is 0 Å². The van der Waals surface area contributed by atoms with Gasteiger partial charge in [0.15, 0.2) is 9.84 Å². The Morgan fingerprint density at radius 1 is 1.30 bits per heavy atom. The van der Waals surface area contributed by atoms with Gasteiger partial charge in [0.05, 0.1) is 35.1 Å². The summed E-state index contributed by atoms with van der Waals surface area (Å²) in [6.07, 6.45) is 0. The second-order valence-electron chi connectivity index (χ2n) is 6.01. The van der Waals surface area contributed by atoms with Crippen LogP contribution in [0.15, 0.2) is 41.3 Å². The van der Waals surface area contributed by atoms with E-state index in [1.165, 1.54) is 25.1 Å². The van der Waals surface area contributed by atoms with E-state index in [2.05, 4.69) is 5.32 Å². The lowest BCUT2D eigenvalue weighted by Crippen LogP contribution is -2.38. The Bertz CT molecular complexity index is 978. The number of phenols is 1. The van der Waals surface area contributed by atoms with Crippen LogP contribution in [-0.4, -0.2) is 44.9 Å². The predicted octanol–water partition coefficient (Wildman–Crippen LogP) is 2.68. The number of phenolic OH excluding ortho intramolecular Hbond substituents is 1. The Hall–Kier alpha value is -2.45. The molecule has 0 aliphatic carbocycles. The molecule has 0 radical (unpaired) electrons. The number of hydrogen-bond acceptors (Lipinski definition) is 6. The molecule has 1 amide bonds. The highest BCUT2D eigenvalue weighted by Gasteiger charge is 2.22. The Balaban J connectivity index is 1.78. The van der Waals surface area contributed by atoms with E-state index in [1.807, 2.05) is 4.90 Å². The fraction of sp³-hybridized carbons (Fsp3) is 0.278. The SMILES string of the molecule is CCS(=O)(=O)c1ccc(O)c(NC(=O)CN2CCOc3ccc(Cl)cc32)c1. The molecule has 1 aliphatic heterocycles. The van der Waals surface area contributed by atoms with Gasteiger partial charge in [-0.05, 0) is 36.4 Å². The summed E-state index contributed by atoms with van der Waals surface area (Å²) in [6, 6.07) is 8.99. The highest BCUT2D eigenvalue weighted by Crippen LogP contribution is 2.34. The van der Waals surface area contributed by atoms with Crippen LogP contribution in [-0.2, 0) is 14.6 Å². The maximum atomic E-state index is 12.5. The number of ether oxygens (including phenoxy) is 1. The van der Waals surface area contributed by atoms with Gasteiger partial charge >= 0.3 is 0 Å². The first-order valence-electron chi connectivity index (χ1n) is 8.33. The fourth-order valence-electron chi connectivity index (χ4n) is 2.75. The highest BCUT2D eigenvalue weighted by atomic mass is 35.5. The number of aromatic hydroxyl groups is 1. The summed E-state index contributed by atoms with van der Waals surface area (Å²) in [4.78, 5) is 14.3. The smallest absolute Gasteiger partial charge is 0.243 e. The van der Waals surface area contributed by atoms with Crippen LogP contribution >= 0.6 is 11.6 Å². The number of benzene rings is 2. The summed E-state index contributed by atoms with van der Waals surface area (Å²) in [5, 5.41) is 13.1. The Labute approximate surface area is 162 Å². The van der Waals surface area contributed by atoms with Crippen molar-refractivity contribution in [2.24, 2.45) is 0 Å². The zero-order chi connectivity index (χ0) is 19.6. The number of carbonyl (C=O) groups excluding carboxylic acids is 1. The molecule has 0 unspecified atom stereocenters. The normalized spacial score (nSPS) is 13.6. The molecule has 0 bridgehead atoms. The minimum absolute atomic E-state index is 0.000890. The van der Waals surface area contributed by atoms with E-state index >= 15 is 0 Å². The molecule has 0 atom stereocenters. The topological polar surface area (TPSA) is 95.9 Å². The maximum absolute atomic E-state index is 12.5. The molecule has 7 nitrogen and oxygen atoms in total. The third kappa shape index (κ3) is 4.28. The number of sulfone groups is 1. The largest absolute Gasteiger partial charge is 0.506 e. The second-order valence-corrected chi connectivity index (χ2v) is 8.73. The minimum Gasteiger partial charge on any atom is -0.506 e. The van der Waals surface area contributed by atoms with Crippen molar-refractivity contribution in [3.8, 4) is 11.5 Å². The minimum atomic E-state index is -3.45. The van der Waals surface area contributed by atoms with Crippen LogP contribution in [0.3, 0.4) is 0 Å². The van der Waals surface area contributed by atoms with Crippen molar-refractivity contribution in [1.82, 2.24) is 0 Å². The van der Waals surface area contributed by atoms with Crippen LogP contribution in [0.5, 0.6) is 11.5 Å². The van der Waals surface area contributed by atoms with Crippen molar-refractivity contribution >= 4 is 38.7 Å². The van der Waals surface area contributed by atoms with Crippen molar-refractivity contribution < 1.29 is 23.1 Å². The number of nitrogens with zero attached hydrogens (tertiary/aromatic N) is 1. The van der Waals surface area contributed by atoms with Crippen LogP contribution < -0.4 is 15.0 Å². The zero-order valence-electron chi connectivity index (χ0n) is 14.6. The van der Waals surface area contributed by atoms with Crippen molar-refractivity contribution in [2.75, 3.05) is 35.7 Å². The third-order valence-corrected chi connectivity index (χ3v) is 6.16. The lowest BCUT2D eigenvalue weighted by atomic mass is 10.2. The van der Waals surface area contributed by atoms with E-state index in [0.29, 0.717) is 29.6 Å². The quantitative estimate of drug-likeness (QED) is 0.736. The molecule has 2 aromatic rings. The molecule has 0 spiro atoms. The molecule has 144 valence electrons. The lowest BCUT2D eigenvalue weighted by molar-refractivity contribution is -0.115. The molecular formula is C18H19ClN2O5S. The summed E-state index contributed by atoms with van der Waals surface area (Å²) in [6.45, 7) is 2.46. The Morgan fingerprint density at radius 2 is 2.07 bits per heavy atom. The van der Waals surface area contributed by atoms with Crippen molar-refractivity contribution in [2.45, 2.75) is 11.8 Å². The maximum Gasteiger partial charge on any atom is 0.243 e. The summed E-state index contributed by atoms with van der Waals surface area (Å²) in [5.74, 6) is -0.0402. The van der Waals surface area contributed by atoms with Crippen molar-refractivity contribution in [3.05, 3.63) is 41.4 Å². The molecule has 0 saturated heterocycles. The number of hydrogen-bond donors (Lipinski definition) is 2. The highest BCUT2D eigenvalue weighted by molar-refractivity contribution is 7.91. The van der Waals surface area contributed by atoms with Gasteiger partial charge in [-0.25, -0.2) is 8.42 Å². The van der Waals surface area contributed by atoms with Gasteiger partial charge in [0.2, 0.25) is 5.91 Å². The van der Waals surface area contributed by atoms with Crippen LogP contribution in [0.25, 0.3) is 0 Å². The monoisotopic (exact) mass is 410 g/mol. The number of nitrogens with one attached hydrogen (secondary N) is 1. The average Bonchev–Trinajstić information content (AvgIpc) is 2.64. The lowest BCUT2D eigenvalue weighted by Gasteiger charge is -2.30. The average molecular weight is 411 g/mol. The first kappa shape index (κ1) is 19.3. The molecule has 1 aliphatic rings. The summed E-state index contributed by atoms with van der Waals surface area (Å²) in [5.41, 5.74) is 0.754. The Morgan fingerprint density at radius 3 is 2.81 bits per heavy atom. The molecule has 0 fully saturated rings. The molecule has 1 heterocycles. The van der Waals surface area contributed by atoms with Gasteiger partial charge in [-0.1, -0.05) is 18.5 Å². The molecule has 2 N–H and O–H groups in total.